The SMILES string of the molecule is c1ccc(N(c2ccccc2)c2cccc(N3c4ccccc4B4c5oc6c(ccc7ccccc76)c5Sc5cc(C6CCCCC6)cc3c54)c2)cc1. The Hall–Kier alpha value is -5.65. The maximum atomic E-state index is 7.10. The maximum absolute atomic E-state index is 7.10. The summed E-state index contributed by atoms with van der Waals surface area (Å²) in [4.78, 5) is 7.53. The minimum absolute atomic E-state index is 0.00332. The first kappa shape index (κ1) is 30.9. The number of hydrogen-bond donors (Lipinski definition) is 0. The second-order valence-electron chi connectivity index (χ2n) is 14.7. The molecule has 1 aliphatic carbocycles. The average molecular weight is 701 g/mol. The molecule has 5 heteroatoms. The van der Waals surface area contributed by atoms with Crippen molar-refractivity contribution >= 4 is 90.9 Å². The number of hydrogen-bond acceptors (Lipinski definition) is 4. The van der Waals surface area contributed by atoms with Crippen LogP contribution in [0.2, 0.25) is 0 Å². The molecule has 0 amide bonds. The predicted octanol–water partition coefficient (Wildman–Crippen LogP) is 11.9. The van der Waals surface area contributed by atoms with E-state index in [0.29, 0.717) is 5.92 Å². The lowest BCUT2D eigenvalue weighted by Gasteiger charge is -2.40. The molecule has 53 heavy (non-hydrogen) atoms. The van der Waals surface area contributed by atoms with Gasteiger partial charge >= 0.3 is 0 Å². The number of para-hydroxylation sites is 3. The van der Waals surface area contributed by atoms with Gasteiger partial charge in [0.05, 0.1) is 10.6 Å². The summed E-state index contributed by atoms with van der Waals surface area (Å²) in [6, 6.07) is 57.8. The van der Waals surface area contributed by atoms with Gasteiger partial charge in [-0.25, -0.2) is 0 Å². The number of fused-ring (bicyclic) bond motifs is 8. The summed E-state index contributed by atoms with van der Waals surface area (Å²) >= 11 is 1.92. The van der Waals surface area contributed by atoms with E-state index in [2.05, 4.69) is 168 Å². The summed E-state index contributed by atoms with van der Waals surface area (Å²) in [5, 5.41) is 3.61. The Morgan fingerprint density at radius 2 is 1.32 bits per heavy atom. The molecule has 0 N–H and O–H groups in total. The van der Waals surface area contributed by atoms with E-state index < -0.39 is 0 Å². The molecule has 0 unspecified atom stereocenters. The van der Waals surface area contributed by atoms with Crippen LogP contribution in [0.25, 0.3) is 21.7 Å². The Morgan fingerprint density at radius 3 is 2.13 bits per heavy atom. The van der Waals surface area contributed by atoms with Crippen molar-refractivity contribution in [1.29, 1.82) is 0 Å². The van der Waals surface area contributed by atoms with E-state index >= 15 is 0 Å². The third-order valence-corrected chi connectivity index (χ3v) is 12.8. The van der Waals surface area contributed by atoms with Crippen molar-refractivity contribution in [1.82, 2.24) is 0 Å². The molecule has 3 nitrogen and oxygen atoms in total. The molecule has 3 aliphatic rings. The van der Waals surface area contributed by atoms with Crippen molar-refractivity contribution in [2.24, 2.45) is 0 Å². The molecule has 3 heterocycles. The monoisotopic (exact) mass is 700 g/mol. The number of anilines is 6. The van der Waals surface area contributed by atoms with Crippen molar-refractivity contribution in [3.8, 4) is 0 Å². The van der Waals surface area contributed by atoms with Gasteiger partial charge in [-0.15, -0.1) is 0 Å². The van der Waals surface area contributed by atoms with Crippen LogP contribution in [0.1, 0.15) is 43.6 Å². The molecular formula is C48H37BN2OS. The summed E-state index contributed by atoms with van der Waals surface area (Å²) in [6.07, 6.45) is 6.47. The summed E-state index contributed by atoms with van der Waals surface area (Å²) in [5.74, 6) is 0.577. The first-order valence-corrected chi connectivity index (χ1v) is 19.8. The molecule has 0 radical (unpaired) electrons. The fourth-order valence-electron chi connectivity index (χ4n) is 9.23. The lowest BCUT2D eigenvalue weighted by atomic mass is 9.37. The highest BCUT2D eigenvalue weighted by molar-refractivity contribution is 8.00. The van der Waals surface area contributed by atoms with Gasteiger partial charge in [-0.3, -0.25) is 0 Å². The normalized spacial score (nSPS) is 14.9. The van der Waals surface area contributed by atoms with E-state index in [1.807, 2.05) is 11.8 Å². The third-order valence-electron chi connectivity index (χ3n) is 11.6. The maximum Gasteiger partial charge on any atom is 0.294 e. The van der Waals surface area contributed by atoms with Crippen LogP contribution in [-0.2, 0) is 0 Å². The second kappa shape index (κ2) is 12.5. The minimum atomic E-state index is 0.00332. The Balaban J connectivity index is 1.14. The Bertz CT molecular complexity index is 2630. The van der Waals surface area contributed by atoms with Gasteiger partial charge in [0, 0.05) is 49.8 Å². The number of benzene rings is 7. The zero-order valence-electron chi connectivity index (χ0n) is 29.4. The Kier molecular flexibility index (Phi) is 7.29. The fourth-order valence-corrected chi connectivity index (χ4v) is 10.5. The van der Waals surface area contributed by atoms with Crippen LogP contribution in [0, 0.1) is 0 Å². The highest BCUT2D eigenvalue weighted by Gasteiger charge is 2.44. The summed E-state index contributed by atoms with van der Waals surface area (Å²) < 4.78 is 7.10. The number of rotatable bonds is 5. The second-order valence-corrected chi connectivity index (χ2v) is 15.8. The number of nitrogens with zero attached hydrogens (tertiary/aromatic N) is 2. The van der Waals surface area contributed by atoms with E-state index in [-0.39, 0.29) is 6.71 Å². The first-order chi connectivity index (χ1) is 26.3. The minimum Gasteiger partial charge on any atom is -0.468 e. The summed E-state index contributed by atoms with van der Waals surface area (Å²) in [6.45, 7) is 0.00332. The predicted molar refractivity (Wildman–Crippen MR) is 224 cm³/mol. The van der Waals surface area contributed by atoms with Crippen LogP contribution in [-0.4, -0.2) is 6.71 Å². The zero-order chi connectivity index (χ0) is 34.9. The van der Waals surface area contributed by atoms with Crippen LogP contribution in [0.15, 0.2) is 172 Å². The summed E-state index contributed by atoms with van der Waals surface area (Å²) in [7, 11) is 0. The van der Waals surface area contributed by atoms with Gasteiger partial charge in [0.1, 0.15) is 5.58 Å². The van der Waals surface area contributed by atoms with Crippen LogP contribution < -0.4 is 26.4 Å². The number of furan rings is 1. The Morgan fingerprint density at radius 1 is 0.604 bits per heavy atom. The van der Waals surface area contributed by atoms with E-state index in [0.717, 1.165) is 34.0 Å². The molecule has 2 aliphatic heterocycles. The van der Waals surface area contributed by atoms with E-state index in [1.165, 1.54) is 85.9 Å². The standard InChI is InChI=1S/C48H37BN2OS/c1-4-15-32(16-5-1)34-29-43-45-44(30-34)53-47-40-28-27-33-17-10-11-24-39(33)46(40)52-48(47)49(45)41-25-12-13-26-42(41)51(43)38-23-14-22-37(31-38)50(35-18-6-2-7-19-35)36-20-8-3-9-21-36/h2-3,6-14,17-32H,1,4-5,15-16H2. The van der Waals surface area contributed by atoms with E-state index in [4.69, 9.17) is 4.42 Å². The lowest BCUT2D eigenvalue weighted by Crippen LogP contribution is -2.59. The molecule has 11 rings (SSSR count). The average Bonchev–Trinajstić information content (AvgIpc) is 3.61. The van der Waals surface area contributed by atoms with Crippen molar-refractivity contribution in [3.05, 3.63) is 163 Å². The molecule has 0 bridgehead atoms. The molecule has 1 fully saturated rings. The van der Waals surface area contributed by atoms with Crippen molar-refractivity contribution in [3.63, 3.8) is 0 Å². The smallest absolute Gasteiger partial charge is 0.294 e. The van der Waals surface area contributed by atoms with Gasteiger partial charge in [-0.1, -0.05) is 122 Å². The van der Waals surface area contributed by atoms with Crippen molar-refractivity contribution in [2.75, 3.05) is 9.80 Å². The fraction of sp³-hybridized carbons (Fsp3) is 0.125. The molecule has 1 aromatic heterocycles. The van der Waals surface area contributed by atoms with Gasteiger partial charge in [-0.2, -0.15) is 0 Å². The van der Waals surface area contributed by atoms with Crippen LogP contribution >= 0.6 is 11.8 Å². The Labute approximate surface area is 315 Å². The molecule has 0 saturated heterocycles. The van der Waals surface area contributed by atoms with Gasteiger partial charge in [-0.05, 0) is 107 Å². The third kappa shape index (κ3) is 4.98. The quantitative estimate of drug-likeness (QED) is 0.166. The van der Waals surface area contributed by atoms with Gasteiger partial charge < -0.3 is 14.2 Å². The molecule has 7 aromatic carbocycles. The molecule has 1 saturated carbocycles. The molecule has 254 valence electrons. The van der Waals surface area contributed by atoms with E-state index in [9.17, 15) is 0 Å². The molecule has 0 atom stereocenters. The highest BCUT2D eigenvalue weighted by Crippen LogP contribution is 2.48. The lowest BCUT2D eigenvalue weighted by molar-refractivity contribution is 0.443. The van der Waals surface area contributed by atoms with Gasteiger partial charge in [0.2, 0.25) is 0 Å². The van der Waals surface area contributed by atoms with E-state index in [1.54, 1.807) is 0 Å². The van der Waals surface area contributed by atoms with Crippen molar-refractivity contribution in [2.45, 2.75) is 47.8 Å². The zero-order valence-corrected chi connectivity index (χ0v) is 30.2. The summed E-state index contributed by atoms with van der Waals surface area (Å²) in [5.41, 5.74) is 13.2. The molecule has 8 aromatic rings. The van der Waals surface area contributed by atoms with Crippen LogP contribution in [0.4, 0.5) is 34.1 Å². The van der Waals surface area contributed by atoms with Gasteiger partial charge in [0.25, 0.3) is 6.71 Å². The topological polar surface area (TPSA) is 19.6 Å². The molecule has 0 spiro atoms. The molecular weight excluding hydrogens is 663 g/mol. The van der Waals surface area contributed by atoms with Crippen LogP contribution in [0.5, 0.6) is 0 Å². The van der Waals surface area contributed by atoms with Crippen molar-refractivity contribution < 1.29 is 4.42 Å². The van der Waals surface area contributed by atoms with Gasteiger partial charge in [0.15, 0.2) is 0 Å². The largest absolute Gasteiger partial charge is 0.468 e. The first-order valence-electron chi connectivity index (χ1n) is 19.0. The highest BCUT2D eigenvalue weighted by atomic mass is 32.2. The van der Waals surface area contributed by atoms with Crippen LogP contribution in [0.3, 0.4) is 0 Å².